The van der Waals surface area contributed by atoms with Gasteiger partial charge in [-0.3, -0.25) is 0 Å². The van der Waals surface area contributed by atoms with Gasteiger partial charge >= 0.3 is 0 Å². The van der Waals surface area contributed by atoms with Gasteiger partial charge in [0.05, 0.1) is 25.6 Å². The Morgan fingerprint density at radius 3 is 2.54 bits per heavy atom. The molecule has 0 amide bonds. The molecule has 2 rings (SSSR count). The van der Waals surface area contributed by atoms with Gasteiger partial charge in [0.25, 0.3) is 0 Å². The van der Waals surface area contributed by atoms with E-state index in [0.717, 1.165) is 19.6 Å². The average molecular weight is 178 g/mol. The number of quaternary nitrogens is 1. The lowest BCUT2D eigenvalue weighted by Crippen LogP contribution is -3.19. The Morgan fingerprint density at radius 2 is 1.92 bits per heavy atom. The highest BCUT2D eigenvalue weighted by Gasteiger charge is 2.30. The van der Waals surface area contributed by atoms with Crippen molar-refractivity contribution >= 4 is 0 Å². The van der Waals surface area contributed by atoms with E-state index in [1.807, 2.05) is 6.07 Å². The number of nitrogens with one attached hydrogen (secondary N) is 1. The molecular weight excluding hydrogens is 162 g/mol. The summed E-state index contributed by atoms with van der Waals surface area (Å²) in [6, 6.07) is 10.5. The van der Waals surface area contributed by atoms with Crippen molar-refractivity contribution in [2.24, 2.45) is 5.92 Å². The van der Waals surface area contributed by atoms with Gasteiger partial charge in [-0.1, -0.05) is 30.3 Å². The summed E-state index contributed by atoms with van der Waals surface area (Å²) >= 11 is 0. The van der Waals surface area contributed by atoms with Crippen LogP contribution in [-0.4, -0.2) is 24.8 Å². The molecule has 1 saturated heterocycles. The smallest absolute Gasteiger partial charge is 0.103 e. The Labute approximate surface area is 78.8 Å². The molecule has 0 aromatic heterocycles. The van der Waals surface area contributed by atoms with Crippen LogP contribution in [0.4, 0.5) is 0 Å². The highest BCUT2D eigenvalue weighted by molar-refractivity contribution is 5.13. The molecule has 2 N–H and O–H groups in total. The van der Waals surface area contributed by atoms with E-state index < -0.39 is 0 Å². The maximum absolute atomic E-state index is 8.86. The number of hydrogen-bond acceptors (Lipinski definition) is 1. The van der Waals surface area contributed by atoms with E-state index in [4.69, 9.17) is 5.11 Å². The average Bonchev–Trinajstić information content (AvgIpc) is 2.12. The van der Waals surface area contributed by atoms with E-state index in [1.54, 1.807) is 4.90 Å². The zero-order valence-corrected chi connectivity index (χ0v) is 7.74. The van der Waals surface area contributed by atoms with E-state index in [0.29, 0.717) is 12.5 Å². The first-order valence-electron chi connectivity index (χ1n) is 4.87. The third-order valence-corrected chi connectivity index (χ3v) is 2.71. The molecule has 0 unspecified atom stereocenters. The molecule has 1 heterocycles. The molecule has 0 saturated carbocycles. The lowest BCUT2D eigenvalue weighted by Gasteiger charge is -2.34. The molecule has 0 spiro atoms. The van der Waals surface area contributed by atoms with Crippen LogP contribution in [0.15, 0.2) is 30.3 Å². The summed E-state index contributed by atoms with van der Waals surface area (Å²) in [4.78, 5) is 1.59. The maximum Gasteiger partial charge on any atom is 0.103 e. The van der Waals surface area contributed by atoms with Crippen LogP contribution in [0.25, 0.3) is 0 Å². The zero-order valence-electron chi connectivity index (χ0n) is 7.74. The number of rotatable bonds is 3. The van der Waals surface area contributed by atoms with Crippen molar-refractivity contribution in [2.45, 2.75) is 6.54 Å². The molecule has 0 bridgehead atoms. The van der Waals surface area contributed by atoms with Crippen LogP contribution in [0.2, 0.25) is 0 Å². The van der Waals surface area contributed by atoms with Crippen LogP contribution in [0.3, 0.4) is 0 Å². The summed E-state index contributed by atoms with van der Waals surface area (Å²) < 4.78 is 0. The van der Waals surface area contributed by atoms with Gasteiger partial charge in [0.15, 0.2) is 0 Å². The first kappa shape index (κ1) is 8.73. The molecule has 2 nitrogen and oxygen atoms in total. The van der Waals surface area contributed by atoms with Crippen molar-refractivity contribution < 1.29 is 10.0 Å². The number of aliphatic hydroxyl groups excluding tert-OH is 1. The molecule has 1 aromatic rings. The lowest BCUT2D eigenvalue weighted by atomic mass is 10.0. The summed E-state index contributed by atoms with van der Waals surface area (Å²) in [5.41, 5.74) is 1.40. The van der Waals surface area contributed by atoms with Gasteiger partial charge in [0.1, 0.15) is 6.54 Å². The Kier molecular flexibility index (Phi) is 2.62. The summed E-state index contributed by atoms with van der Waals surface area (Å²) in [6.45, 7) is 3.73. The van der Waals surface area contributed by atoms with Gasteiger partial charge < -0.3 is 10.0 Å². The molecule has 1 aliphatic heterocycles. The first-order chi connectivity index (χ1) is 6.38. The van der Waals surface area contributed by atoms with E-state index in [9.17, 15) is 0 Å². The molecule has 13 heavy (non-hydrogen) atoms. The fourth-order valence-corrected chi connectivity index (χ4v) is 1.91. The second-order valence-electron chi connectivity index (χ2n) is 3.87. The van der Waals surface area contributed by atoms with Crippen molar-refractivity contribution in [3.8, 4) is 0 Å². The molecule has 0 atom stereocenters. The van der Waals surface area contributed by atoms with Gasteiger partial charge in [-0.05, 0) is 0 Å². The molecule has 0 aliphatic carbocycles. The minimum absolute atomic E-state index is 0.359. The van der Waals surface area contributed by atoms with Crippen LogP contribution < -0.4 is 4.90 Å². The summed E-state index contributed by atoms with van der Waals surface area (Å²) in [5.74, 6) is 0.554. The summed E-state index contributed by atoms with van der Waals surface area (Å²) in [6.07, 6.45) is 0. The SMILES string of the molecule is OCC1C[NH+](Cc2ccccc2)C1. The van der Waals surface area contributed by atoms with Gasteiger partial charge in [-0.25, -0.2) is 0 Å². The molecule has 1 aromatic carbocycles. The highest BCUT2D eigenvalue weighted by Crippen LogP contribution is 2.00. The van der Waals surface area contributed by atoms with Crippen molar-refractivity contribution in [1.82, 2.24) is 0 Å². The van der Waals surface area contributed by atoms with Crippen molar-refractivity contribution in [3.63, 3.8) is 0 Å². The van der Waals surface area contributed by atoms with Crippen LogP contribution in [0.5, 0.6) is 0 Å². The van der Waals surface area contributed by atoms with Crippen LogP contribution in [-0.2, 0) is 6.54 Å². The van der Waals surface area contributed by atoms with Gasteiger partial charge in [0.2, 0.25) is 0 Å². The zero-order chi connectivity index (χ0) is 9.10. The fourth-order valence-electron chi connectivity index (χ4n) is 1.91. The minimum Gasteiger partial charge on any atom is -0.396 e. The summed E-state index contributed by atoms with van der Waals surface area (Å²) in [7, 11) is 0. The number of benzene rings is 1. The van der Waals surface area contributed by atoms with Crippen molar-refractivity contribution in [2.75, 3.05) is 19.7 Å². The minimum atomic E-state index is 0.359. The Balaban J connectivity index is 1.81. The number of hydrogen-bond donors (Lipinski definition) is 2. The third-order valence-electron chi connectivity index (χ3n) is 2.71. The number of aliphatic hydroxyl groups is 1. The monoisotopic (exact) mass is 178 g/mol. The van der Waals surface area contributed by atoms with E-state index in [-0.39, 0.29) is 0 Å². The van der Waals surface area contributed by atoms with E-state index in [1.165, 1.54) is 5.56 Å². The predicted molar refractivity (Wildman–Crippen MR) is 51.4 cm³/mol. The normalized spacial score (nSPS) is 26.8. The predicted octanol–water partition coefficient (Wildman–Crippen LogP) is -0.306. The highest BCUT2D eigenvalue weighted by atomic mass is 16.3. The van der Waals surface area contributed by atoms with Crippen molar-refractivity contribution in [3.05, 3.63) is 35.9 Å². The standard InChI is InChI=1S/C11H15NO/c13-9-11-7-12(8-11)6-10-4-2-1-3-5-10/h1-5,11,13H,6-9H2/p+1. The third kappa shape index (κ3) is 2.08. The molecule has 0 radical (unpaired) electrons. The molecule has 1 aliphatic rings. The molecule has 2 heteroatoms. The lowest BCUT2D eigenvalue weighted by molar-refractivity contribution is -0.963. The summed E-state index contributed by atoms with van der Waals surface area (Å²) in [5, 5.41) is 8.86. The van der Waals surface area contributed by atoms with Crippen LogP contribution in [0.1, 0.15) is 5.56 Å². The Hall–Kier alpha value is -0.860. The van der Waals surface area contributed by atoms with E-state index in [2.05, 4.69) is 24.3 Å². The van der Waals surface area contributed by atoms with Crippen LogP contribution in [0, 0.1) is 5.92 Å². The Bertz CT molecular complexity index is 254. The van der Waals surface area contributed by atoms with Gasteiger partial charge in [-0.15, -0.1) is 0 Å². The number of likely N-dealkylation sites (tertiary alicyclic amines) is 1. The Morgan fingerprint density at radius 1 is 1.23 bits per heavy atom. The fraction of sp³-hybridized carbons (Fsp3) is 0.455. The maximum atomic E-state index is 8.86. The quantitative estimate of drug-likeness (QED) is 0.652. The topological polar surface area (TPSA) is 24.7 Å². The second-order valence-corrected chi connectivity index (χ2v) is 3.87. The van der Waals surface area contributed by atoms with Gasteiger partial charge in [-0.2, -0.15) is 0 Å². The largest absolute Gasteiger partial charge is 0.396 e. The van der Waals surface area contributed by atoms with Crippen LogP contribution >= 0.6 is 0 Å². The van der Waals surface area contributed by atoms with Gasteiger partial charge in [0, 0.05) is 5.56 Å². The first-order valence-corrected chi connectivity index (χ1v) is 4.87. The molecular formula is C11H16NO+. The molecule has 70 valence electrons. The second kappa shape index (κ2) is 3.90. The van der Waals surface area contributed by atoms with Crippen molar-refractivity contribution in [1.29, 1.82) is 0 Å². The molecule has 1 fully saturated rings. The van der Waals surface area contributed by atoms with E-state index >= 15 is 0 Å².